The smallest absolute Gasteiger partial charge is 0.350 e. The molecule has 0 saturated heterocycles. The molecule has 1 amide bonds. The minimum absolute atomic E-state index is 0.178. The van der Waals surface area contributed by atoms with E-state index in [-0.39, 0.29) is 13.0 Å². The molecule has 2 aromatic rings. The molecule has 1 N–H and O–H groups in total. The Hall–Kier alpha value is -2.40. The number of hydrogen-bond donors (Lipinski definition) is 1. The molecular formula is C14H10F3N3OS. The number of rotatable bonds is 4. The van der Waals surface area contributed by atoms with E-state index >= 15 is 0 Å². The number of nitrogens with one attached hydrogen (secondary N) is 1. The molecule has 0 atom stereocenters. The Morgan fingerprint density at radius 2 is 2.00 bits per heavy atom. The summed E-state index contributed by atoms with van der Waals surface area (Å²) in [6, 6.07) is 6.46. The zero-order chi connectivity index (χ0) is 16.2. The van der Waals surface area contributed by atoms with Gasteiger partial charge in [0.05, 0.1) is 23.9 Å². The van der Waals surface area contributed by atoms with Crippen molar-refractivity contribution in [3.8, 4) is 16.6 Å². The van der Waals surface area contributed by atoms with Crippen molar-refractivity contribution in [1.82, 2.24) is 10.3 Å². The number of thiazole rings is 1. The molecule has 1 aromatic heterocycles. The summed E-state index contributed by atoms with van der Waals surface area (Å²) in [4.78, 5) is 15.4. The molecule has 0 saturated carbocycles. The fourth-order valence-corrected chi connectivity index (χ4v) is 2.47. The monoisotopic (exact) mass is 325 g/mol. The van der Waals surface area contributed by atoms with E-state index in [1.54, 1.807) is 11.4 Å². The molecule has 8 heteroatoms. The van der Waals surface area contributed by atoms with Crippen molar-refractivity contribution < 1.29 is 18.0 Å². The molecule has 0 aliphatic heterocycles. The fraction of sp³-hybridized carbons (Fsp3) is 0.214. The summed E-state index contributed by atoms with van der Waals surface area (Å²) < 4.78 is 37.5. The molecule has 0 fully saturated rings. The lowest BCUT2D eigenvalue weighted by Gasteiger charge is -2.06. The average molecular weight is 325 g/mol. The largest absolute Gasteiger partial charge is 0.416 e. The summed E-state index contributed by atoms with van der Waals surface area (Å²) in [6.45, 7) is 0.178. The molecule has 0 aliphatic carbocycles. The zero-order valence-corrected chi connectivity index (χ0v) is 12.0. The van der Waals surface area contributed by atoms with E-state index in [9.17, 15) is 18.0 Å². The van der Waals surface area contributed by atoms with Crippen LogP contribution in [-0.2, 0) is 17.5 Å². The minimum atomic E-state index is -4.36. The van der Waals surface area contributed by atoms with Crippen molar-refractivity contribution in [2.24, 2.45) is 0 Å². The number of nitrogens with zero attached hydrogens (tertiary/aromatic N) is 2. The molecule has 1 aromatic carbocycles. The first-order chi connectivity index (χ1) is 10.4. The maximum Gasteiger partial charge on any atom is 0.416 e. The molecule has 0 unspecified atom stereocenters. The molecule has 22 heavy (non-hydrogen) atoms. The number of carbonyl (C=O) groups is 1. The third-order valence-corrected chi connectivity index (χ3v) is 3.66. The van der Waals surface area contributed by atoms with Crippen LogP contribution < -0.4 is 5.32 Å². The SMILES string of the molecule is N#CCC(=O)NCc1csc(-c2ccc(C(F)(F)F)cc2)n1. The number of hydrogen-bond acceptors (Lipinski definition) is 4. The number of amides is 1. The van der Waals surface area contributed by atoms with Crippen molar-refractivity contribution in [1.29, 1.82) is 5.26 Å². The third kappa shape index (κ3) is 4.05. The van der Waals surface area contributed by atoms with E-state index in [1.807, 2.05) is 0 Å². The van der Waals surface area contributed by atoms with Gasteiger partial charge in [0.15, 0.2) is 0 Å². The van der Waals surface area contributed by atoms with Gasteiger partial charge in [-0.2, -0.15) is 18.4 Å². The summed E-state index contributed by atoms with van der Waals surface area (Å²) in [5, 5.41) is 13.2. The van der Waals surface area contributed by atoms with Crippen LogP contribution in [0.15, 0.2) is 29.6 Å². The lowest BCUT2D eigenvalue weighted by atomic mass is 10.1. The summed E-state index contributed by atoms with van der Waals surface area (Å²) in [6.07, 6.45) is -4.59. The molecule has 4 nitrogen and oxygen atoms in total. The molecule has 0 radical (unpaired) electrons. The normalized spacial score (nSPS) is 11.0. The fourth-order valence-electron chi connectivity index (χ4n) is 1.65. The number of carbonyl (C=O) groups excluding carboxylic acids is 1. The van der Waals surface area contributed by atoms with Crippen LogP contribution in [0, 0.1) is 11.3 Å². The van der Waals surface area contributed by atoms with Crippen LogP contribution in [0.1, 0.15) is 17.7 Å². The topological polar surface area (TPSA) is 65.8 Å². The number of alkyl halides is 3. The van der Waals surface area contributed by atoms with Crippen LogP contribution in [-0.4, -0.2) is 10.9 Å². The van der Waals surface area contributed by atoms with Crippen LogP contribution in [0.4, 0.5) is 13.2 Å². The van der Waals surface area contributed by atoms with Gasteiger partial charge in [0.2, 0.25) is 5.91 Å². The van der Waals surface area contributed by atoms with Crippen molar-refractivity contribution >= 4 is 17.2 Å². The van der Waals surface area contributed by atoms with Crippen LogP contribution in [0.3, 0.4) is 0 Å². The number of aromatic nitrogens is 1. The minimum Gasteiger partial charge on any atom is -0.350 e. The lowest BCUT2D eigenvalue weighted by Crippen LogP contribution is -2.21. The molecule has 0 aliphatic rings. The van der Waals surface area contributed by atoms with Crippen molar-refractivity contribution in [2.45, 2.75) is 19.1 Å². The van der Waals surface area contributed by atoms with Gasteiger partial charge >= 0.3 is 6.18 Å². The molecule has 114 valence electrons. The number of halogens is 3. The third-order valence-electron chi connectivity index (χ3n) is 2.72. The first-order valence-electron chi connectivity index (χ1n) is 6.16. The van der Waals surface area contributed by atoms with Gasteiger partial charge in [-0.05, 0) is 12.1 Å². The second-order valence-corrected chi connectivity index (χ2v) is 5.19. The van der Waals surface area contributed by atoms with E-state index in [1.165, 1.54) is 23.5 Å². The van der Waals surface area contributed by atoms with Gasteiger partial charge < -0.3 is 5.32 Å². The highest BCUT2D eigenvalue weighted by Crippen LogP contribution is 2.31. The Morgan fingerprint density at radius 3 is 2.59 bits per heavy atom. The van der Waals surface area contributed by atoms with Crippen molar-refractivity contribution in [3.05, 3.63) is 40.9 Å². The van der Waals surface area contributed by atoms with Crippen molar-refractivity contribution in [3.63, 3.8) is 0 Å². The van der Waals surface area contributed by atoms with Gasteiger partial charge in [-0.1, -0.05) is 12.1 Å². The van der Waals surface area contributed by atoms with Gasteiger partial charge in [0, 0.05) is 10.9 Å². The van der Waals surface area contributed by atoms with Crippen LogP contribution >= 0.6 is 11.3 Å². The Morgan fingerprint density at radius 1 is 1.32 bits per heavy atom. The van der Waals surface area contributed by atoms with E-state index in [4.69, 9.17) is 5.26 Å². The highest BCUT2D eigenvalue weighted by atomic mass is 32.1. The van der Waals surface area contributed by atoms with E-state index in [0.717, 1.165) is 12.1 Å². The van der Waals surface area contributed by atoms with Crippen LogP contribution in [0.2, 0.25) is 0 Å². The predicted molar refractivity (Wildman–Crippen MR) is 74.6 cm³/mol. The van der Waals surface area contributed by atoms with E-state index in [2.05, 4.69) is 10.3 Å². The van der Waals surface area contributed by atoms with Gasteiger partial charge in [-0.15, -0.1) is 11.3 Å². The first-order valence-corrected chi connectivity index (χ1v) is 7.04. The zero-order valence-electron chi connectivity index (χ0n) is 11.1. The van der Waals surface area contributed by atoms with Crippen LogP contribution in [0.5, 0.6) is 0 Å². The maximum atomic E-state index is 12.5. The van der Waals surface area contributed by atoms with Gasteiger partial charge in [0.25, 0.3) is 0 Å². The predicted octanol–water partition coefficient (Wildman–Crippen LogP) is 3.36. The highest BCUT2D eigenvalue weighted by molar-refractivity contribution is 7.13. The second kappa shape index (κ2) is 6.58. The summed E-state index contributed by atoms with van der Waals surface area (Å²) in [5.74, 6) is -0.397. The number of benzene rings is 1. The van der Waals surface area contributed by atoms with Crippen LogP contribution in [0.25, 0.3) is 10.6 Å². The summed E-state index contributed by atoms with van der Waals surface area (Å²) >= 11 is 1.27. The summed E-state index contributed by atoms with van der Waals surface area (Å²) in [7, 11) is 0. The standard InChI is InChI=1S/C14H10F3N3OS/c15-14(16,17)10-3-1-9(2-4-10)13-20-11(8-22-13)7-19-12(21)5-6-18/h1-4,8H,5,7H2,(H,19,21). The highest BCUT2D eigenvalue weighted by Gasteiger charge is 2.30. The molecule has 2 rings (SSSR count). The van der Waals surface area contributed by atoms with Gasteiger partial charge in [0.1, 0.15) is 11.4 Å². The molecule has 1 heterocycles. The average Bonchev–Trinajstić information content (AvgIpc) is 2.93. The Bertz CT molecular complexity index is 701. The Balaban J connectivity index is 2.05. The summed E-state index contributed by atoms with van der Waals surface area (Å²) in [5.41, 5.74) is 0.454. The van der Waals surface area contributed by atoms with Crippen molar-refractivity contribution in [2.75, 3.05) is 0 Å². The quantitative estimate of drug-likeness (QED) is 0.937. The Labute approximate surface area is 128 Å². The Kier molecular flexibility index (Phi) is 4.78. The lowest BCUT2D eigenvalue weighted by molar-refractivity contribution is -0.137. The molecule has 0 bridgehead atoms. The van der Waals surface area contributed by atoms with Gasteiger partial charge in [-0.25, -0.2) is 4.98 Å². The number of nitriles is 1. The first kappa shape index (κ1) is 16.0. The van der Waals surface area contributed by atoms with E-state index < -0.39 is 17.6 Å². The van der Waals surface area contributed by atoms with E-state index in [0.29, 0.717) is 16.3 Å². The second-order valence-electron chi connectivity index (χ2n) is 4.33. The molecular weight excluding hydrogens is 315 g/mol. The molecule has 0 spiro atoms. The van der Waals surface area contributed by atoms with Gasteiger partial charge in [-0.3, -0.25) is 4.79 Å². The maximum absolute atomic E-state index is 12.5.